The number of carbonyl (C=O) groups is 1. The lowest BCUT2D eigenvalue weighted by atomic mass is 10.1. The first-order valence-electron chi connectivity index (χ1n) is 8.58. The van der Waals surface area contributed by atoms with Crippen LogP contribution in [0.25, 0.3) is 11.0 Å². The fourth-order valence-corrected chi connectivity index (χ4v) is 5.87. The second-order valence-electron chi connectivity index (χ2n) is 6.61. The molecule has 0 unspecified atom stereocenters. The average molecular weight is 416 g/mol. The molecule has 26 heavy (non-hydrogen) atoms. The molecule has 0 radical (unpaired) electrons. The first kappa shape index (κ1) is 19.5. The van der Waals surface area contributed by atoms with Gasteiger partial charge in [-0.3, -0.25) is 4.79 Å². The van der Waals surface area contributed by atoms with Crippen molar-refractivity contribution in [2.75, 3.05) is 17.3 Å². The zero-order valence-electron chi connectivity index (χ0n) is 14.7. The van der Waals surface area contributed by atoms with Crippen LogP contribution in [0, 0.1) is 0 Å². The van der Waals surface area contributed by atoms with Crippen LogP contribution in [-0.4, -0.2) is 58.5 Å². The summed E-state index contributed by atoms with van der Waals surface area (Å²) in [4.78, 5) is 22.2. The number of nitrogens with zero attached hydrogens (tertiary/aromatic N) is 2. The number of fused-ring (bicyclic) bond motifs is 1. The molecule has 0 saturated carbocycles. The summed E-state index contributed by atoms with van der Waals surface area (Å²) in [5.41, 5.74) is 1.62. The van der Waals surface area contributed by atoms with E-state index < -0.39 is 9.84 Å². The van der Waals surface area contributed by atoms with E-state index in [0.717, 1.165) is 17.5 Å². The summed E-state index contributed by atoms with van der Waals surface area (Å²) in [7, 11) is -3.04. The molecule has 2 heterocycles. The molecule has 3 rings (SSSR count). The Labute approximate surface area is 162 Å². The van der Waals surface area contributed by atoms with Crippen LogP contribution in [-0.2, 0) is 14.6 Å². The number of hydrogen-bond acceptors (Lipinski definition) is 5. The number of aromatic amines is 1. The Morgan fingerprint density at radius 1 is 1.50 bits per heavy atom. The molecular weight excluding hydrogens is 394 g/mol. The molecule has 1 aromatic carbocycles. The van der Waals surface area contributed by atoms with Gasteiger partial charge >= 0.3 is 0 Å². The van der Waals surface area contributed by atoms with Crippen LogP contribution in [0.5, 0.6) is 0 Å². The minimum atomic E-state index is -3.04. The maximum atomic E-state index is 12.8. The second kappa shape index (κ2) is 7.78. The molecule has 2 aromatic rings. The molecule has 1 N–H and O–H groups in total. The number of thioether (sulfide) groups is 1. The van der Waals surface area contributed by atoms with E-state index in [1.807, 2.05) is 19.9 Å². The lowest BCUT2D eigenvalue weighted by molar-refractivity contribution is -0.132. The van der Waals surface area contributed by atoms with Crippen molar-refractivity contribution in [2.24, 2.45) is 0 Å². The van der Waals surface area contributed by atoms with Crippen LogP contribution in [0.3, 0.4) is 0 Å². The van der Waals surface area contributed by atoms with Crippen LogP contribution in [0.1, 0.15) is 26.7 Å². The summed E-state index contributed by atoms with van der Waals surface area (Å²) in [5.74, 6) is 0.394. The molecule has 0 bridgehead atoms. The number of hydrogen-bond donors (Lipinski definition) is 1. The zero-order chi connectivity index (χ0) is 18.9. The summed E-state index contributed by atoms with van der Waals surface area (Å²) in [6, 6.07) is 5.18. The van der Waals surface area contributed by atoms with Gasteiger partial charge in [0.2, 0.25) is 5.91 Å². The summed E-state index contributed by atoms with van der Waals surface area (Å²) < 4.78 is 23.6. The highest BCUT2D eigenvalue weighted by Crippen LogP contribution is 2.25. The summed E-state index contributed by atoms with van der Waals surface area (Å²) in [5, 5.41) is 1.28. The van der Waals surface area contributed by atoms with Gasteiger partial charge in [0, 0.05) is 17.1 Å². The number of rotatable bonds is 6. The number of sulfone groups is 1. The molecule has 1 aliphatic heterocycles. The molecule has 0 aliphatic carbocycles. The summed E-state index contributed by atoms with van der Waals surface area (Å²) in [6.07, 6.45) is 1.31. The molecule has 1 saturated heterocycles. The molecule has 1 aliphatic rings. The molecule has 6 nitrogen and oxygen atoms in total. The fourth-order valence-electron chi connectivity index (χ4n) is 3.23. The number of H-pyrrole nitrogens is 1. The Morgan fingerprint density at radius 2 is 2.27 bits per heavy atom. The standard InChI is InChI=1S/C17H22ClN3O3S2/c1-3-11(2)21(13-6-7-26(23,24)10-13)16(22)9-25-17-19-14-5-4-12(18)8-15(14)20-17/h4-5,8,11,13H,3,6-7,9-10H2,1-2H3,(H,19,20)/t11-,13+/m0/s1. The number of nitrogens with one attached hydrogen (secondary N) is 1. The van der Waals surface area contributed by atoms with Crippen molar-refractivity contribution < 1.29 is 13.2 Å². The van der Waals surface area contributed by atoms with Crippen LogP contribution in [0.4, 0.5) is 0 Å². The van der Waals surface area contributed by atoms with Gasteiger partial charge in [-0.25, -0.2) is 13.4 Å². The van der Waals surface area contributed by atoms with Gasteiger partial charge in [0.05, 0.1) is 28.3 Å². The number of carbonyl (C=O) groups excluding carboxylic acids is 1. The van der Waals surface area contributed by atoms with Crippen molar-refractivity contribution in [2.45, 2.75) is 43.9 Å². The SMILES string of the molecule is CC[C@H](C)N(C(=O)CSc1nc2ccc(Cl)cc2[nH]1)[C@@H]1CCS(=O)(=O)C1. The van der Waals surface area contributed by atoms with Crippen LogP contribution in [0.2, 0.25) is 5.02 Å². The van der Waals surface area contributed by atoms with E-state index in [0.29, 0.717) is 16.6 Å². The maximum Gasteiger partial charge on any atom is 0.233 e. The fraction of sp³-hybridized carbons (Fsp3) is 0.529. The normalized spacial score (nSPS) is 20.3. The number of aromatic nitrogens is 2. The number of benzene rings is 1. The van der Waals surface area contributed by atoms with Gasteiger partial charge in [0.1, 0.15) is 0 Å². The van der Waals surface area contributed by atoms with E-state index in [2.05, 4.69) is 9.97 Å². The molecule has 0 spiro atoms. The third-order valence-corrected chi connectivity index (χ3v) is 7.55. The first-order valence-corrected chi connectivity index (χ1v) is 11.8. The summed E-state index contributed by atoms with van der Waals surface area (Å²) in [6.45, 7) is 3.97. The predicted molar refractivity (Wildman–Crippen MR) is 105 cm³/mol. The Morgan fingerprint density at radius 3 is 2.92 bits per heavy atom. The van der Waals surface area contributed by atoms with Gasteiger partial charge in [0.15, 0.2) is 15.0 Å². The van der Waals surface area contributed by atoms with E-state index in [1.54, 1.807) is 17.0 Å². The van der Waals surface area contributed by atoms with Crippen LogP contribution >= 0.6 is 23.4 Å². The largest absolute Gasteiger partial charge is 0.335 e. The van der Waals surface area contributed by atoms with Gasteiger partial charge in [-0.15, -0.1) is 0 Å². The van der Waals surface area contributed by atoms with Crippen molar-refractivity contribution in [1.82, 2.24) is 14.9 Å². The first-order chi connectivity index (χ1) is 12.3. The van der Waals surface area contributed by atoms with Gasteiger partial charge in [-0.1, -0.05) is 30.3 Å². The Bertz CT molecular complexity index is 913. The van der Waals surface area contributed by atoms with Crippen molar-refractivity contribution in [1.29, 1.82) is 0 Å². The highest BCUT2D eigenvalue weighted by atomic mass is 35.5. The predicted octanol–water partition coefficient (Wildman–Crippen LogP) is 3.12. The number of halogens is 1. The maximum absolute atomic E-state index is 12.8. The minimum absolute atomic E-state index is 0.0101. The molecule has 1 amide bonds. The Hall–Kier alpha value is -1.25. The molecule has 2 atom stereocenters. The van der Waals surface area contributed by atoms with Crippen LogP contribution < -0.4 is 0 Å². The molecule has 1 fully saturated rings. The van der Waals surface area contributed by atoms with Crippen molar-refractivity contribution >= 4 is 50.1 Å². The smallest absolute Gasteiger partial charge is 0.233 e. The topological polar surface area (TPSA) is 83.1 Å². The zero-order valence-corrected chi connectivity index (χ0v) is 17.1. The van der Waals surface area contributed by atoms with Crippen molar-refractivity contribution in [3.63, 3.8) is 0 Å². The quantitative estimate of drug-likeness (QED) is 0.733. The Balaban J connectivity index is 1.70. The number of amides is 1. The summed E-state index contributed by atoms with van der Waals surface area (Å²) >= 11 is 7.30. The molecule has 142 valence electrons. The molecular formula is C17H22ClN3O3S2. The van der Waals surface area contributed by atoms with E-state index in [4.69, 9.17) is 11.6 Å². The van der Waals surface area contributed by atoms with E-state index >= 15 is 0 Å². The van der Waals surface area contributed by atoms with Gasteiger partial charge in [-0.05, 0) is 38.0 Å². The van der Waals surface area contributed by atoms with E-state index in [-0.39, 0.29) is 35.2 Å². The monoisotopic (exact) mass is 415 g/mol. The highest BCUT2D eigenvalue weighted by Gasteiger charge is 2.36. The van der Waals surface area contributed by atoms with Gasteiger partial charge < -0.3 is 9.88 Å². The highest BCUT2D eigenvalue weighted by molar-refractivity contribution is 7.99. The van der Waals surface area contributed by atoms with Crippen molar-refractivity contribution in [3.8, 4) is 0 Å². The number of imidazole rings is 1. The lowest BCUT2D eigenvalue weighted by Crippen LogP contribution is -2.47. The third-order valence-electron chi connectivity index (χ3n) is 4.71. The van der Waals surface area contributed by atoms with E-state index in [9.17, 15) is 13.2 Å². The van der Waals surface area contributed by atoms with Crippen LogP contribution in [0.15, 0.2) is 23.4 Å². The lowest BCUT2D eigenvalue weighted by Gasteiger charge is -2.33. The van der Waals surface area contributed by atoms with E-state index in [1.165, 1.54) is 11.8 Å². The second-order valence-corrected chi connectivity index (χ2v) is 10.2. The van der Waals surface area contributed by atoms with Gasteiger partial charge in [0.25, 0.3) is 0 Å². The molecule has 1 aromatic heterocycles. The minimum Gasteiger partial charge on any atom is -0.335 e. The van der Waals surface area contributed by atoms with Gasteiger partial charge in [-0.2, -0.15) is 0 Å². The third kappa shape index (κ3) is 4.35. The van der Waals surface area contributed by atoms with Crippen molar-refractivity contribution in [3.05, 3.63) is 23.2 Å². The molecule has 9 heteroatoms. The average Bonchev–Trinajstić information content (AvgIpc) is 3.15. The Kier molecular flexibility index (Phi) is 5.84.